The molecule has 1 aromatic rings. The number of nitrogens with one attached hydrogen (secondary N) is 1. The van der Waals surface area contributed by atoms with Crippen LogP contribution in [0.4, 0.5) is 0 Å². The summed E-state index contributed by atoms with van der Waals surface area (Å²) in [5.74, 6) is 0.941. The minimum atomic E-state index is 0.113. The van der Waals surface area contributed by atoms with E-state index in [1.54, 1.807) is 6.26 Å². The first-order valence-corrected chi connectivity index (χ1v) is 7.54. The van der Waals surface area contributed by atoms with Crippen molar-refractivity contribution in [3.8, 4) is 0 Å². The van der Waals surface area contributed by atoms with E-state index < -0.39 is 0 Å². The predicted octanol–water partition coefficient (Wildman–Crippen LogP) is 2.78. The second-order valence-electron chi connectivity index (χ2n) is 6.74. The van der Waals surface area contributed by atoms with Crippen molar-refractivity contribution in [2.24, 2.45) is 0 Å². The van der Waals surface area contributed by atoms with Gasteiger partial charge in [-0.2, -0.15) is 0 Å². The van der Waals surface area contributed by atoms with E-state index in [0.717, 1.165) is 31.5 Å². The lowest BCUT2D eigenvalue weighted by molar-refractivity contribution is 0.0855. The first-order chi connectivity index (χ1) is 9.46. The maximum absolute atomic E-state index is 5.74. The van der Waals surface area contributed by atoms with Gasteiger partial charge < -0.3 is 19.4 Å². The van der Waals surface area contributed by atoms with Crippen molar-refractivity contribution in [3.63, 3.8) is 0 Å². The van der Waals surface area contributed by atoms with E-state index in [0.29, 0.717) is 6.61 Å². The van der Waals surface area contributed by atoms with Crippen LogP contribution in [0.1, 0.15) is 44.9 Å². The van der Waals surface area contributed by atoms with Crippen molar-refractivity contribution in [3.05, 3.63) is 23.7 Å². The summed E-state index contributed by atoms with van der Waals surface area (Å²) in [6.07, 6.45) is 4.43. The molecule has 1 aliphatic carbocycles. The molecule has 4 heteroatoms. The van der Waals surface area contributed by atoms with Gasteiger partial charge in [0.15, 0.2) is 0 Å². The van der Waals surface area contributed by atoms with Gasteiger partial charge in [0.25, 0.3) is 0 Å². The van der Waals surface area contributed by atoms with Crippen LogP contribution in [0, 0.1) is 0 Å². The van der Waals surface area contributed by atoms with Gasteiger partial charge in [0.05, 0.1) is 12.9 Å². The molecule has 1 heterocycles. The summed E-state index contributed by atoms with van der Waals surface area (Å²) in [4.78, 5) is 2.38. The molecule has 1 aliphatic rings. The first-order valence-electron chi connectivity index (χ1n) is 7.54. The molecule has 2 rings (SSSR count). The van der Waals surface area contributed by atoms with Crippen LogP contribution in [0.2, 0.25) is 0 Å². The SMILES string of the molecule is CN(CCOCc1occc1CNC(C)(C)C)C1CC1. The molecule has 1 saturated carbocycles. The molecule has 0 spiro atoms. The van der Waals surface area contributed by atoms with E-state index in [4.69, 9.17) is 9.15 Å². The van der Waals surface area contributed by atoms with Crippen molar-refractivity contribution in [1.82, 2.24) is 10.2 Å². The average molecular weight is 280 g/mol. The van der Waals surface area contributed by atoms with Gasteiger partial charge in [-0.25, -0.2) is 0 Å². The summed E-state index contributed by atoms with van der Waals surface area (Å²) in [6, 6.07) is 2.82. The van der Waals surface area contributed by atoms with Crippen LogP contribution in [0.3, 0.4) is 0 Å². The maximum Gasteiger partial charge on any atom is 0.133 e. The highest BCUT2D eigenvalue weighted by Gasteiger charge is 2.25. The molecule has 20 heavy (non-hydrogen) atoms. The van der Waals surface area contributed by atoms with E-state index in [-0.39, 0.29) is 5.54 Å². The van der Waals surface area contributed by atoms with E-state index in [2.05, 4.69) is 38.0 Å². The van der Waals surface area contributed by atoms with Crippen LogP contribution in [0.5, 0.6) is 0 Å². The zero-order valence-corrected chi connectivity index (χ0v) is 13.2. The number of likely N-dealkylation sites (N-methyl/N-ethyl adjacent to an activating group) is 1. The van der Waals surface area contributed by atoms with Crippen LogP contribution < -0.4 is 5.32 Å². The molecule has 114 valence electrons. The summed E-state index contributed by atoms with van der Waals surface area (Å²) in [5, 5.41) is 3.47. The number of hydrogen-bond acceptors (Lipinski definition) is 4. The third kappa shape index (κ3) is 5.27. The molecule has 0 radical (unpaired) electrons. The number of hydrogen-bond donors (Lipinski definition) is 1. The van der Waals surface area contributed by atoms with Gasteiger partial charge in [0.2, 0.25) is 0 Å². The molecule has 1 fully saturated rings. The first kappa shape index (κ1) is 15.5. The lowest BCUT2D eigenvalue weighted by Gasteiger charge is -2.20. The summed E-state index contributed by atoms with van der Waals surface area (Å²) >= 11 is 0. The highest BCUT2D eigenvalue weighted by atomic mass is 16.5. The Bertz CT molecular complexity index is 405. The molecule has 0 saturated heterocycles. The standard InChI is InChI=1S/C16H28N2O2/c1-16(2,3)17-11-13-7-9-20-15(13)12-19-10-8-18(4)14-5-6-14/h7,9,14,17H,5-6,8,10-12H2,1-4H3. The van der Waals surface area contributed by atoms with Crippen LogP contribution in [0.25, 0.3) is 0 Å². The molecule has 0 aromatic carbocycles. The van der Waals surface area contributed by atoms with E-state index in [9.17, 15) is 0 Å². The van der Waals surface area contributed by atoms with Gasteiger partial charge in [-0.05, 0) is 46.7 Å². The monoisotopic (exact) mass is 280 g/mol. The van der Waals surface area contributed by atoms with E-state index in [1.165, 1.54) is 18.4 Å². The minimum absolute atomic E-state index is 0.113. The Morgan fingerprint density at radius 1 is 1.40 bits per heavy atom. The van der Waals surface area contributed by atoms with Gasteiger partial charge in [0.1, 0.15) is 12.4 Å². The van der Waals surface area contributed by atoms with Crippen LogP contribution >= 0.6 is 0 Å². The lowest BCUT2D eigenvalue weighted by atomic mass is 10.1. The Kier molecular flexibility index (Phi) is 5.24. The predicted molar refractivity (Wildman–Crippen MR) is 80.6 cm³/mol. The maximum atomic E-state index is 5.74. The van der Waals surface area contributed by atoms with Crippen molar-refractivity contribution in [1.29, 1.82) is 0 Å². The van der Waals surface area contributed by atoms with Crippen molar-refractivity contribution >= 4 is 0 Å². The quantitative estimate of drug-likeness (QED) is 0.743. The Balaban J connectivity index is 1.68. The van der Waals surface area contributed by atoms with Crippen LogP contribution in [-0.4, -0.2) is 36.7 Å². The van der Waals surface area contributed by atoms with Gasteiger partial charge in [0, 0.05) is 30.2 Å². The molecular formula is C16H28N2O2. The van der Waals surface area contributed by atoms with Gasteiger partial charge in [-0.3, -0.25) is 0 Å². The third-order valence-corrected chi connectivity index (χ3v) is 3.64. The average Bonchev–Trinajstić information content (AvgIpc) is 3.12. The summed E-state index contributed by atoms with van der Waals surface area (Å²) in [6.45, 7) is 9.64. The fourth-order valence-electron chi connectivity index (χ4n) is 2.08. The Hall–Kier alpha value is -0.840. The molecule has 0 unspecified atom stereocenters. The van der Waals surface area contributed by atoms with Gasteiger partial charge >= 0.3 is 0 Å². The highest BCUT2D eigenvalue weighted by Crippen LogP contribution is 2.24. The Morgan fingerprint density at radius 2 is 2.15 bits per heavy atom. The number of ether oxygens (including phenoxy) is 1. The van der Waals surface area contributed by atoms with Gasteiger partial charge in [-0.15, -0.1) is 0 Å². The molecular weight excluding hydrogens is 252 g/mol. The second kappa shape index (κ2) is 6.74. The number of nitrogens with zero attached hydrogens (tertiary/aromatic N) is 1. The molecule has 0 bridgehead atoms. The molecule has 0 amide bonds. The summed E-state index contributed by atoms with van der Waals surface area (Å²) in [7, 11) is 2.17. The number of rotatable bonds is 8. The molecule has 0 aliphatic heterocycles. The zero-order chi connectivity index (χ0) is 14.6. The summed E-state index contributed by atoms with van der Waals surface area (Å²) < 4.78 is 11.3. The van der Waals surface area contributed by atoms with Crippen molar-refractivity contribution < 1.29 is 9.15 Å². The minimum Gasteiger partial charge on any atom is -0.467 e. The Morgan fingerprint density at radius 3 is 2.80 bits per heavy atom. The van der Waals surface area contributed by atoms with Crippen molar-refractivity contribution in [2.75, 3.05) is 20.2 Å². The van der Waals surface area contributed by atoms with Crippen molar-refractivity contribution in [2.45, 2.75) is 58.3 Å². The molecule has 4 nitrogen and oxygen atoms in total. The molecule has 1 N–H and O–H groups in total. The fraction of sp³-hybridized carbons (Fsp3) is 0.750. The fourth-order valence-corrected chi connectivity index (χ4v) is 2.08. The molecule has 1 aromatic heterocycles. The van der Waals surface area contributed by atoms with Crippen LogP contribution in [-0.2, 0) is 17.9 Å². The zero-order valence-electron chi connectivity index (χ0n) is 13.2. The topological polar surface area (TPSA) is 37.6 Å². The smallest absolute Gasteiger partial charge is 0.133 e. The second-order valence-corrected chi connectivity index (χ2v) is 6.74. The highest BCUT2D eigenvalue weighted by molar-refractivity contribution is 5.16. The summed E-state index contributed by atoms with van der Waals surface area (Å²) in [5.41, 5.74) is 1.30. The van der Waals surface area contributed by atoms with E-state index in [1.807, 2.05) is 6.07 Å². The third-order valence-electron chi connectivity index (χ3n) is 3.64. The van der Waals surface area contributed by atoms with Crippen LogP contribution in [0.15, 0.2) is 16.7 Å². The Labute approximate surface area is 122 Å². The lowest BCUT2D eigenvalue weighted by Crippen LogP contribution is -2.35. The van der Waals surface area contributed by atoms with Gasteiger partial charge in [-0.1, -0.05) is 0 Å². The number of furan rings is 1. The largest absolute Gasteiger partial charge is 0.467 e. The normalized spacial score (nSPS) is 16.1. The van der Waals surface area contributed by atoms with E-state index >= 15 is 0 Å². The molecule has 0 atom stereocenters.